The van der Waals surface area contributed by atoms with Gasteiger partial charge in [0.15, 0.2) is 0 Å². The lowest BCUT2D eigenvalue weighted by molar-refractivity contribution is -0.139. The van der Waals surface area contributed by atoms with Crippen molar-refractivity contribution in [3.05, 3.63) is 71.3 Å². The molecule has 0 saturated carbocycles. The Bertz CT molecular complexity index is 675. The van der Waals surface area contributed by atoms with E-state index in [-0.39, 0.29) is 12.6 Å². The third-order valence-electron chi connectivity index (χ3n) is 3.57. The van der Waals surface area contributed by atoms with Crippen molar-refractivity contribution in [3.63, 3.8) is 0 Å². The molecule has 2 N–H and O–H groups in total. The highest BCUT2D eigenvalue weighted by molar-refractivity contribution is 5.90. The fourth-order valence-corrected chi connectivity index (χ4v) is 2.09. The number of ether oxygens (including phenoxy) is 1. The zero-order valence-electron chi connectivity index (χ0n) is 14.0. The van der Waals surface area contributed by atoms with E-state index < -0.39 is 5.97 Å². The lowest BCUT2D eigenvalue weighted by Gasteiger charge is -2.17. The number of allylic oxidation sites excluding steroid dienone is 1. The molecule has 1 heterocycles. The number of nitrogens with zero attached hydrogens (tertiary/aromatic N) is 2. The average molecular weight is 326 g/mol. The van der Waals surface area contributed by atoms with Crippen LogP contribution in [0.5, 0.6) is 0 Å². The minimum absolute atomic E-state index is 0.0936. The van der Waals surface area contributed by atoms with Gasteiger partial charge in [0.05, 0.1) is 5.57 Å². The van der Waals surface area contributed by atoms with Gasteiger partial charge < -0.3 is 4.74 Å². The lowest BCUT2D eigenvalue weighted by Crippen LogP contribution is -2.38. The number of esters is 1. The van der Waals surface area contributed by atoms with Crippen molar-refractivity contribution in [1.82, 2.24) is 11.0 Å². The maximum absolute atomic E-state index is 12.0. The molecule has 0 aromatic heterocycles. The fourth-order valence-electron chi connectivity index (χ4n) is 2.09. The van der Waals surface area contributed by atoms with E-state index in [4.69, 9.17) is 4.74 Å². The Kier molecular flexibility index (Phi) is 6.45. The van der Waals surface area contributed by atoms with Gasteiger partial charge in [-0.3, -0.25) is 0 Å². The molecule has 0 spiro atoms. The number of aryl methyl sites for hydroxylation is 1. The van der Waals surface area contributed by atoms with Gasteiger partial charge in [0.1, 0.15) is 12.6 Å². The Balaban J connectivity index is 1.88. The Labute approximate surface area is 141 Å². The summed E-state index contributed by atoms with van der Waals surface area (Å²) in [5, 5.41) is 7.83. The Morgan fingerprint density at radius 1 is 1.38 bits per heavy atom. The minimum atomic E-state index is -0.438. The molecule has 126 valence electrons. The van der Waals surface area contributed by atoms with Gasteiger partial charge in [-0.25, -0.2) is 15.8 Å². The molecule has 1 aliphatic heterocycles. The van der Waals surface area contributed by atoms with Gasteiger partial charge in [-0.05, 0) is 31.1 Å². The smallest absolute Gasteiger partial charge is 0.337 e. The monoisotopic (exact) mass is 326 g/mol. The number of hydrogen-bond acceptors (Lipinski definition) is 6. The summed E-state index contributed by atoms with van der Waals surface area (Å²) < 4.78 is 5.27. The van der Waals surface area contributed by atoms with Crippen LogP contribution in [0.2, 0.25) is 0 Å². The van der Waals surface area contributed by atoms with E-state index in [1.54, 1.807) is 6.08 Å². The predicted molar refractivity (Wildman–Crippen MR) is 92.8 cm³/mol. The molecular weight excluding hydrogens is 304 g/mol. The van der Waals surface area contributed by atoms with Gasteiger partial charge in [0.25, 0.3) is 0 Å². The van der Waals surface area contributed by atoms with Crippen molar-refractivity contribution in [2.24, 2.45) is 10.3 Å². The van der Waals surface area contributed by atoms with Crippen molar-refractivity contribution in [3.8, 4) is 0 Å². The fraction of sp³-hybridized carbons (Fsp3) is 0.278. The SMILES string of the molecule is C=C(/C=C\C(=C/C)C1CNNN=N1)C(=O)OCc1ccc(C)cc1. The van der Waals surface area contributed by atoms with Gasteiger partial charge in [0, 0.05) is 6.54 Å². The van der Waals surface area contributed by atoms with Gasteiger partial charge in [-0.15, -0.1) is 0 Å². The predicted octanol–water partition coefficient (Wildman–Crippen LogP) is 2.94. The zero-order valence-corrected chi connectivity index (χ0v) is 14.0. The number of hydrogen-bond donors (Lipinski definition) is 2. The van der Waals surface area contributed by atoms with E-state index in [1.807, 2.05) is 50.3 Å². The van der Waals surface area contributed by atoms with Gasteiger partial charge in [-0.2, -0.15) is 5.11 Å². The topological polar surface area (TPSA) is 75.1 Å². The van der Waals surface area contributed by atoms with Crippen molar-refractivity contribution in [2.45, 2.75) is 26.5 Å². The second kappa shape index (κ2) is 8.79. The highest BCUT2D eigenvalue weighted by Crippen LogP contribution is 2.12. The minimum Gasteiger partial charge on any atom is -0.457 e. The van der Waals surface area contributed by atoms with Crippen LogP contribution in [0.1, 0.15) is 18.1 Å². The van der Waals surface area contributed by atoms with Crippen LogP contribution < -0.4 is 11.0 Å². The number of carbonyl (C=O) groups excluding carboxylic acids is 1. The zero-order chi connectivity index (χ0) is 17.4. The van der Waals surface area contributed by atoms with E-state index in [9.17, 15) is 4.79 Å². The Morgan fingerprint density at radius 2 is 2.12 bits per heavy atom. The van der Waals surface area contributed by atoms with Gasteiger partial charge in [-0.1, -0.05) is 53.8 Å². The van der Waals surface area contributed by atoms with Crippen LogP contribution >= 0.6 is 0 Å². The number of benzene rings is 1. The molecule has 6 nitrogen and oxygen atoms in total. The first kappa shape index (κ1) is 17.6. The molecule has 2 rings (SSSR count). The third-order valence-corrected chi connectivity index (χ3v) is 3.57. The summed E-state index contributed by atoms with van der Waals surface area (Å²) in [6.07, 6.45) is 5.38. The van der Waals surface area contributed by atoms with E-state index in [0.717, 1.165) is 11.1 Å². The van der Waals surface area contributed by atoms with E-state index in [1.165, 1.54) is 5.56 Å². The second-order valence-corrected chi connectivity index (χ2v) is 5.43. The van der Waals surface area contributed by atoms with Crippen molar-refractivity contribution in [1.29, 1.82) is 0 Å². The molecule has 1 atom stereocenters. The first-order valence-corrected chi connectivity index (χ1v) is 7.73. The third kappa shape index (κ3) is 5.17. The van der Waals surface area contributed by atoms with Crippen LogP contribution in [0, 0.1) is 6.92 Å². The quantitative estimate of drug-likeness (QED) is 0.479. The summed E-state index contributed by atoms with van der Waals surface area (Å²) >= 11 is 0. The first-order chi connectivity index (χ1) is 11.6. The average Bonchev–Trinajstić information content (AvgIpc) is 2.62. The maximum atomic E-state index is 12.0. The Hall–Kier alpha value is -2.73. The normalized spacial score (nSPS) is 17.6. The van der Waals surface area contributed by atoms with Crippen molar-refractivity contribution < 1.29 is 9.53 Å². The van der Waals surface area contributed by atoms with Gasteiger partial charge >= 0.3 is 5.97 Å². The molecule has 0 bridgehead atoms. The largest absolute Gasteiger partial charge is 0.457 e. The molecule has 1 unspecified atom stereocenters. The Morgan fingerprint density at radius 3 is 2.75 bits per heavy atom. The van der Waals surface area contributed by atoms with Crippen LogP contribution in [0.25, 0.3) is 0 Å². The molecule has 0 aliphatic carbocycles. The second-order valence-electron chi connectivity index (χ2n) is 5.43. The summed E-state index contributed by atoms with van der Waals surface area (Å²) in [6, 6.07) is 7.75. The summed E-state index contributed by atoms with van der Waals surface area (Å²) in [6.45, 7) is 8.54. The van der Waals surface area contributed by atoms with E-state index in [2.05, 4.69) is 27.9 Å². The summed E-state index contributed by atoms with van der Waals surface area (Å²) in [5.41, 5.74) is 8.83. The molecule has 6 heteroatoms. The standard InChI is InChI=1S/C18H22N4O2/c1-4-16(17-11-19-21-22-20-17)10-7-14(3)18(23)24-12-15-8-5-13(2)6-9-15/h4-10,17H,3,11-12H2,1-2H3,(H,19,22)(H,20,21)/b10-7-,16-4+. The maximum Gasteiger partial charge on any atom is 0.337 e. The van der Waals surface area contributed by atoms with Crippen LogP contribution in [0.4, 0.5) is 0 Å². The van der Waals surface area contributed by atoms with Crippen LogP contribution in [-0.4, -0.2) is 18.6 Å². The highest BCUT2D eigenvalue weighted by Gasteiger charge is 2.14. The lowest BCUT2D eigenvalue weighted by atomic mass is 10.1. The number of nitrogens with one attached hydrogen (secondary N) is 2. The van der Waals surface area contributed by atoms with Gasteiger partial charge in [0.2, 0.25) is 0 Å². The molecule has 0 fully saturated rings. The molecule has 0 amide bonds. The van der Waals surface area contributed by atoms with E-state index in [0.29, 0.717) is 12.1 Å². The number of hydrazine groups is 1. The first-order valence-electron chi connectivity index (χ1n) is 7.73. The molecule has 1 aliphatic rings. The van der Waals surface area contributed by atoms with Crippen molar-refractivity contribution >= 4 is 5.97 Å². The molecule has 1 aromatic rings. The van der Waals surface area contributed by atoms with Crippen LogP contribution in [-0.2, 0) is 16.1 Å². The summed E-state index contributed by atoms with van der Waals surface area (Å²) in [4.78, 5) is 12.0. The highest BCUT2D eigenvalue weighted by atomic mass is 16.5. The van der Waals surface area contributed by atoms with E-state index >= 15 is 0 Å². The molecule has 1 aromatic carbocycles. The molecular formula is C18H22N4O2. The number of carbonyl (C=O) groups is 1. The van der Waals surface area contributed by atoms with Crippen LogP contribution in [0.15, 0.2) is 70.6 Å². The number of rotatable bonds is 6. The molecule has 0 saturated heterocycles. The summed E-state index contributed by atoms with van der Waals surface area (Å²) in [5.74, 6) is -0.438. The molecule has 0 radical (unpaired) electrons. The summed E-state index contributed by atoms with van der Waals surface area (Å²) in [7, 11) is 0. The molecule has 24 heavy (non-hydrogen) atoms. The van der Waals surface area contributed by atoms with Crippen molar-refractivity contribution in [2.75, 3.05) is 6.54 Å². The van der Waals surface area contributed by atoms with Crippen LogP contribution in [0.3, 0.4) is 0 Å².